The average Bonchev–Trinajstić information content (AvgIpc) is 2.26. The second kappa shape index (κ2) is 5.85. The molecule has 0 aliphatic heterocycles. The minimum Gasteiger partial charge on any atom is -0.481 e. The molecule has 4 N–H and O–H groups in total. The predicted octanol–water partition coefficient (Wildman–Crippen LogP) is 0.326. The summed E-state index contributed by atoms with van der Waals surface area (Å²) in [6, 6.07) is 1.48. The van der Waals surface area contributed by atoms with Crippen molar-refractivity contribution < 1.29 is 34.0 Å². The lowest BCUT2D eigenvalue weighted by Crippen LogP contribution is -2.22. The molecule has 0 heterocycles. The van der Waals surface area contributed by atoms with Crippen LogP contribution in [0.15, 0.2) is 12.1 Å². The first kappa shape index (κ1) is 14.5. The summed E-state index contributed by atoms with van der Waals surface area (Å²) >= 11 is 0. The van der Waals surface area contributed by atoms with Crippen molar-refractivity contribution in [2.75, 3.05) is 0 Å². The second-order valence-corrected chi connectivity index (χ2v) is 3.73. The van der Waals surface area contributed by atoms with Gasteiger partial charge in [-0.05, 0) is 17.7 Å². The molecule has 5 nitrogen and oxygen atoms in total. The lowest BCUT2D eigenvalue weighted by Gasteiger charge is -2.17. The summed E-state index contributed by atoms with van der Waals surface area (Å²) in [4.78, 5) is 10.3. The van der Waals surface area contributed by atoms with E-state index in [1.54, 1.807) is 0 Å². The molecular weight excluding hydrogens is 250 g/mol. The second-order valence-electron chi connectivity index (χ2n) is 3.73. The molecule has 0 aliphatic carbocycles. The van der Waals surface area contributed by atoms with Gasteiger partial charge in [-0.25, -0.2) is 8.78 Å². The van der Waals surface area contributed by atoms with Gasteiger partial charge >= 0.3 is 5.97 Å². The SMILES string of the molecule is O=C(O)CC(O)C(O)c1cc(F)c(CO)c(F)c1. The number of rotatable bonds is 5. The number of carbonyl (C=O) groups is 1. The van der Waals surface area contributed by atoms with E-state index in [0.29, 0.717) is 0 Å². The van der Waals surface area contributed by atoms with Crippen LogP contribution in [0, 0.1) is 11.6 Å². The fraction of sp³-hybridized carbons (Fsp3) is 0.364. The third-order valence-electron chi connectivity index (χ3n) is 2.41. The van der Waals surface area contributed by atoms with Crippen LogP contribution in [0.5, 0.6) is 0 Å². The standard InChI is InChI=1S/C11H12F2O5/c12-7-1-5(2-8(13)6(7)4-14)11(18)9(15)3-10(16)17/h1-2,9,11,14-15,18H,3-4H2,(H,16,17). The van der Waals surface area contributed by atoms with Crippen LogP contribution in [0.1, 0.15) is 23.7 Å². The summed E-state index contributed by atoms with van der Waals surface area (Å²) in [6.45, 7) is -0.842. The van der Waals surface area contributed by atoms with Gasteiger partial charge in [0.15, 0.2) is 0 Å². The first-order chi connectivity index (χ1) is 8.36. The van der Waals surface area contributed by atoms with Gasteiger partial charge in [0.25, 0.3) is 0 Å². The third-order valence-corrected chi connectivity index (χ3v) is 2.41. The van der Waals surface area contributed by atoms with Crippen molar-refractivity contribution in [2.24, 2.45) is 0 Å². The molecule has 0 amide bonds. The molecule has 0 aromatic heterocycles. The summed E-state index contributed by atoms with van der Waals surface area (Å²) in [7, 11) is 0. The molecule has 0 aliphatic rings. The highest BCUT2D eigenvalue weighted by Crippen LogP contribution is 2.23. The molecule has 1 aromatic carbocycles. The Balaban J connectivity index is 3.00. The molecule has 2 unspecified atom stereocenters. The molecule has 0 saturated carbocycles. The van der Waals surface area contributed by atoms with E-state index in [1.165, 1.54) is 0 Å². The van der Waals surface area contributed by atoms with Gasteiger partial charge in [0.1, 0.15) is 17.7 Å². The normalized spacial score (nSPS) is 14.3. The fourth-order valence-corrected chi connectivity index (χ4v) is 1.46. The van der Waals surface area contributed by atoms with Crippen LogP contribution in [-0.2, 0) is 11.4 Å². The number of aliphatic carboxylic acids is 1. The first-order valence-corrected chi connectivity index (χ1v) is 5.03. The molecule has 0 spiro atoms. The van der Waals surface area contributed by atoms with E-state index in [1.807, 2.05) is 0 Å². The Bertz CT molecular complexity index is 426. The topological polar surface area (TPSA) is 98.0 Å². The lowest BCUT2D eigenvalue weighted by molar-refractivity contribution is -0.141. The van der Waals surface area contributed by atoms with E-state index in [4.69, 9.17) is 10.2 Å². The van der Waals surface area contributed by atoms with Gasteiger partial charge < -0.3 is 20.4 Å². The number of carboxylic acids is 1. The minimum atomic E-state index is -1.72. The highest BCUT2D eigenvalue weighted by molar-refractivity contribution is 5.67. The molecule has 0 bridgehead atoms. The highest BCUT2D eigenvalue weighted by Gasteiger charge is 2.23. The van der Waals surface area contributed by atoms with Crippen molar-refractivity contribution in [2.45, 2.75) is 25.2 Å². The molecular formula is C11H12F2O5. The molecule has 2 atom stereocenters. The van der Waals surface area contributed by atoms with E-state index >= 15 is 0 Å². The van der Waals surface area contributed by atoms with E-state index in [-0.39, 0.29) is 5.56 Å². The molecule has 0 fully saturated rings. The zero-order valence-corrected chi connectivity index (χ0v) is 9.18. The van der Waals surface area contributed by atoms with Crippen LogP contribution in [-0.4, -0.2) is 32.5 Å². The number of carboxylic acid groups (broad SMARTS) is 1. The van der Waals surface area contributed by atoms with Gasteiger partial charge in [0.2, 0.25) is 0 Å². The van der Waals surface area contributed by atoms with Crippen molar-refractivity contribution in [3.8, 4) is 0 Å². The van der Waals surface area contributed by atoms with Crippen molar-refractivity contribution >= 4 is 5.97 Å². The average molecular weight is 262 g/mol. The van der Waals surface area contributed by atoms with Crippen molar-refractivity contribution in [3.63, 3.8) is 0 Å². The maximum Gasteiger partial charge on any atom is 0.306 e. The van der Waals surface area contributed by atoms with Crippen LogP contribution in [0.25, 0.3) is 0 Å². The molecule has 7 heteroatoms. The van der Waals surface area contributed by atoms with Crippen LogP contribution in [0.4, 0.5) is 8.78 Å². The van der Waals surface area contributed by atoms with Gasteiger partial charge in [-0.2, -0.15) is 0 Å². The number of aliphatic hydroxyl groups is 3. The summed E-state index contributed by atoms with van der Waals surface area (Å²) < 4.78 is 26.6. The van der Waals surface area contributed by atoms with Gasteiger partial charge in [0.05, 0.1) is 19.1 Å². The number of hydrogen-bond donors (Lipinski definition) is 4. The number of aliphatic hydroxyl groups excluding tert-OH is 3. The Kier molecular flexibility index (Phi) is 4.71. The molecule has 1 rings (SSSR count). The Morgan fingerprint density at radius 1 is 1.22 bits per heavy atom. The van der Waals surface area contributed by atoms with E-state index in [9.17, 15) is 23.8 Å². The summed E-state index contributed by atoms with van der Waals surface area (Å²) in [5.74, 6) is -3.50. The molecule has 100 valence electrons. The summed E-state index contributed by atoms with van der Waals surface area (Å²) in [5.41, 5.74) is -0.852. The van der Waals surface area contributed by atoms with Crippen molar-refractivity contribution in [1.29, 1.82) is 0 Å². The Morgan fingerprint density at radius 3 is 2.11 bits per heavy atom. The van der Waals surface area contributed by atoms with Gasteiger partial charge in [-0.3, -0.25) is 4.79 Å². The third kappa shape index (κ3) is 3.22. The maximum atomic E-state index is 13.3. The Morgan fingerprint density at radius 2 is 1.72 bits per heavy atom. The van der Waals surface area contributed by atoms with Crippen molar-refractivity contribution in [1.82, 2.24) is 0 Å². The molecule has 1 aromatic rings. The van der Waals surface area contributed by atoms with Crippen LogP contribution in [0.2, 0.25) is 0 Å². The largest absolute Gasteiger partial charge is 0.481 e. The van der Waals surface area contributed by atoms with E-state index in [2.05, 4.69) is 0 Å². The lowest BCUT2D eigenvalue weighted by atomic mass is 10.00. The maximum absolute atomic E-state index is 13.3. The molecule has 0 radical (unpaired) electrons. The van der Waals surface area contributed by atoms with E-state index < -0.39 is 48.4 Å². The predicted molar refractivity (Wildman–Crippen MR) is 55.5 cm³/mol. The zero-order chi connectivity index (χ0) is 13.9. The Labute approximate surface area is 101 Å². The van der Waals surface area contributed by atoms with Gasteiger partial charge in [0, 0.05) is 5.56 Å². The molecule has 18 heavy (non-hydrogen) atoms. The first-order valence-electron chi connectivity index (χ1n) is 5.03. The van der Waals surface area contributed by atoms with Gasteiger partial charge in [-0.1, -0.05) is 0 Å². The van der Waals surface area contributed by atoms with Crippen LogP contribution in [0.3, 0.4) is 0 Å². The smallest absolute Gasteiger partial charge is 0.306 e. The monoisotopic (exact) mass is 262 g/mol. The molecule has 0 saturated heterocycles. The number of hydrogen-bond acceptors (Lipinski definition) is 4. The number of halogens is 2. The highest BCUT2D eigenvalue weighted by atomic mass is 19.1. The van der Waals surface area contributed by atoms with Crippen LogP contribution >= 0.6 is 0 Å². The summed E-state index contributed by atoms with van der Waals surface area (Å²) in [6.07, 6.45) is -4.16. The summed E-state index contributed by atoms with van der Waals surface area (Å²) in [5, 5.41) is 36.0. The van der Waals surface area contributed by atoms with Crippen molar-refractivity contribution in [3.05, 3.63) is 34.9 Å². The Hall–Kier alpha value is -1.57. The zero-order valence-electron chi connectivity index (χ0n) is 9.18. The minimum absolute atomic E-state index is 0.295. The van der Waals surface area contributed by atoms with E-state index in [0.717, 1.165) is 12.1 Å². The fourth-order valence-electron chi connectivity index (χ4n) is 1.46. The van der Waals surface area contributed by atoms with Crippen LogP contribution < -0.4 is 0 Å². The quantitative estimate of drug-likeness (QED) is 0.613. The van der Waals surface area contributed by atoms with Gasteiger partial charge in [-0.15, -0.1) is 0 Å². The number of benzene rings is 1.